The van der Waals surface area contributed by atoms with E-state index < -0.39 is 5.54 Å². The van der Waals surface area contributed by atoms with Crippen molar-refractivity contribution < 1.29 is 23.8 Å². The van der Waals surface area contributed by atoms with E-state index in [-0.39, 0.29) is 18.1 Å². The van der Waals surface area contributed by atoms with Gasteiger partial charge >= 0.3 is 0 Å². The van der Waals surface area contributed by atoms with Crippen LogP contribution in [0.3, 0.4) is 0 Å². The van der Waals surface area contributed by atoms with E-state index in [0.717, 1.165) is 5.56 Å². The maximum atomic E-state index is 13.6. The van der Waals surface area contributed by atoms with Crippen LogP contribution in [0.1, 0.15) is 31.8 Å². The molecule has 0 atom stereocenters. The molecule has 0 unspecified atom stereocenters. The van der Waals surface area contributed by atoms with E-state index in [1.807, 2.05) is 6.07 Å². The molecule has 0 fully saturated rings. The van der Waals surface area contributed by atoms with E-state index in [1.54, 1.807) is 82.0 Å². The first-order valence-corrected chi connectivity index (χ1v) is 9.84. The number of fused-ring (bicyclic) bond motifs is 1. The number of carbonyl (C=O) groups excluding carboxylic acids is 2. The molecule has 6 heteroatoms. The molecule has 0 heterocycles. The van der Waals surface area contributed by atoms with Crippen molar-refractivity contribution in [1.82, 2.24) is 5.32 Å². The number of methoxy groups -OCH3 is 3. The third kappa shape index (κ3) is 3.35. The van der Waals surface area contributed by atoms with Crippen LogP contribution in [-0.4, -0.2) is 32.9 Å². The van der Waals surface area contributed by atoms with Gasteiger partial charge in [0.25, 0.3) is 0 Å². The number of carbonyl (C=O) groups is 2. The van der Waals surface area contributed by atoms with E-state index in [1.165, 1.54) is 0 Å². The van der Waals surface area contributed by atoms with Gasteiger partial charge in [-0.2, -0.15) is 0 Å². The van der Waals surface area contributed by atoms with Gasteiger partial charge < -0.3 is 14.2 Å². The highest BCUT2D eigenvalue weighted by atomic mass is 16.5. The average molecular weight is 417 g/mol. The van der Waals surface area contributed by atoms with Gasteiger partial charge in [0.1, 0.15) is 17.2 Å². The molecule has 1 N–H and O–H groups in total. The van der Waals surface area contributed by atoms with Gasteiger partial charge in [-0.3, -0.25) is 14.9 Å². The highest BCUT2D eigenvalue weighted by Gasteiger charge is 2.54. The number of benzene rings is 3. The van der Waals surface area contributed by atoms with Gasteiger partial charge in [-0.15, -0.1) is 0 Å². The smallest absolute Gasteiger partial charge is 0.196 e. The first kappa shape index (κ1) is 20.6. The summed E-state index contributed by atoms with van der Waals surface area (Å²) in [5, 5.41) is 3.26. The summed E-state index contributed by atoms with van der Waals surface area (Å²) < 4.78 is 16.0. The summed E-state index contributed by atoms with van der Waals surface area (Å²) in [5.74, 6) is 1.38. The van der Waals surface area contributed by atoms with Gasteiger partial charge in [0.05, 0.1) is 21.3 Å². The third-order valence-corrected chi connectivity index (χ3v) is 5.65. The fraction of sp³-hybridized carbons (Fsp3) is 0.200. The molecule has 31 heavy (non-hydrogen) atoms. The van der Waals surface area contributed by atoms with Gasteiger partial charge in [-0.1, -0.05) is 36.4 Å². The van der Waals surface area contributed by atoms with Crippen molar-refractivity contribution >= 4 is 11.6 Å². The summed E-state index contributed by atoms with van der Waals surface area (Å²) in [4.78, 5) is 27.2. The summed E-state index contributed by atoms with van der Waals surface area (Å²) in [7, 11) is 4.73. The lowest BCUT2D eigenvalue weighted by molar-refractivity contribution is 0.0752. The van der Waals surface area contributed by atoms with Gasteiger partial charge in [0, 0.05) is 23.2 Å². The Balaban J connectivity index is 1.80. The van der Waals surface area contributed by atoms with Gasteiger partial charge in [0.2, 0.25) is 0 Å². The molecule has 0 saturated carbocycles. The second-order valence-electron chi connectivity index (χ2n) is 7.21. The SMILES string of the molecule is COc1ccc(C2(NCc3cc(OC)ccc3OC)C(=O)c3ccccc3C2=O)cc1. The minimum absolute atomic E-state index is 0.220. The Morgan fingerprint density at radius 3 is 1.87 bits per heavy atom. The Labute approximate surface area is 180 Å². The number of hydrogen-bond donors (Lipinski definition) is 1. The van der Waals surface area contributed by atoms with E-state index in [0.29, 0.717) is 33.9 Å². The number of Topliss-reactive ketones (excluding diaryl/α,β-unsaturated/α-hetero) is 2. The quantitative estimate of drug-likeness (QED) is 0.590. The zero-order valence-electron chi connectivity index (χ0n) is 17.6. The van der Waals surface area contributed by atoms with E-state index in [2.05, 4.69) is 5.32 Å². The maximum Gasteiger partial charge on any atom is 0.196 e. The lowest BCUT2D eigenvalue weighted by Crippen LogP contribution is -2.51. The fourth-order valence-electron chi connectivity index (χ4n) is 4.00. The predicted octanol–water partition coefficient (Wildman–Crippen LogP) is 3.78. The molecule has 0 amide bonds. The molecule has 1 aliphatic carbocycles. The number of nitrogens with one attached hydrogen (secondary N) is 1. The lowest BCUT2D eigenvalue weighted by Gasteiger charge is -2.28. The molecule has 0 radical (unpaired) electrons. The van der Waals surface area contributed by atoms with Crippen LogP contribution in [0.5, 0.6) is 17.2 Å². The van der Waals surface area contributed by atoms with Crippen LogP contribution in [0.15, 0.2) is 66.7 Å². The molecule has 0 saturated heterocycles. The van der Waals surface area contributed by atoms with Crippen molar-refractivity contribution in [2.75, 3.05) is 21.3 Å². The fourth-order valence-corrected chi connectivity index (χ4v) is 4.00. The molecule has 0 aromatic heterocycles. The molecular weight excluding hydrogens is 394 g/mol. The molecule has 0 aliphatic heterocycles. The van der Waals surface area contributed by atoms with Crippen LogP contribution in [0, 0.1) is 0 Å². The van der Waals surface area contributed by atoms with Crippen LogP contribution in [0.2, 0.25) is 0 Å². The summed E-state index contributed by atoms with van der Waals surface area (Å²) in [6.07, 6.45) is 0. The summed E-state index contributed by atoms with van der Waals surface area (Å²) in [6, 6.07) is 19.3. The number of rotatable bonds is 7. The monoisotopic (exact) mass is 417 g/mol. The summed E-state index contributed by atoms with van der Waals surface area (Å²) in [6.45, 7) is 0.220. The third-order valence-electron chi connectivity index (χ3n) is 5.65. The molecule has 3 aromatic carbocycles. The minimum Gasteiger partial charge on any atom is -0.497 e. The summed E-state index contributed by atoms with van der Waals surface area (Å²) in [5.41, 5.74) is 0.610. The number of ketones is 2. The van der Waals surface area contributed by atoms with Gasteiger partial charge in [0.15, 0.2) is 17.1 Å². The highest BCUT2D eigenvalue weighted by molar-refractivity contribution is 6.32. The van der Waals surface area contributed by atoms with E-state index >= 15 is 0 Å². The van der Waals surface area contributed by atoms with Crippen molar-refractivity contribution in [3.8, 4) is 17.2 Å². The molecular formula is C25H23NO5. The molecule has 1 aliphatic rings. The molecule has 0 bridgehead atoms. The van der Waals surface area contributed by atoms with Crippen LogP contribution in [0.25, 0.3) is 0 Å². The lowest BCUT2D eigenvalue weighted by atomic mass is 9.84. The number of hydrogen-bond acceptors (Lipinski definition) is 6. The van der Waals surface area contributed by atoms with Crippen molar-refractivity contribution in [2.45, 2.75) is 12.1 Å². The maximum absolute atomic E-state index is 13.6. The average Bonchev–Trinajstić information content (AvgIpc) is 3.05. The molecule has 4 rings (SSSR count). The summed E-state index contributed by atoms with van der Waals surface area (Å²) >= 11 is 0. The molecule has 158 valence electrons. The Morgan fingerprint density at radius 2 is 1.32 bits per heavy atom. The van der Waals surface area contributed by atoms with E-state index in [9.17, 15) is 9.59 Å². The van der Waals surface area contributed by atoms with Crippen molar-refractivity contribution in [3.05, 3.63) is 89.0 Å². The van der Waals surface area contributed by atoms with Crippen molar-refractivity contribution in [1.29, 1.82) is 0 Å². The molecule has 6 nitrogen and oxygen atoms in total. The van der Waals surface area contributed by atoms with Crippen molar-refractivity contribution in [2.24, 2.45) is 0 Å². The Bertz CT molecular complexity index is 1100. The van der Waals surface area contributed by atoms with Crippen LogP contribution in [-0.2, 0) is 12.1 Å². The van der Waals surface area contributed by atoms with Crippen LogP contribution >= 0.6 is 0 Å². The van der Waals surface area contributed by atoms with Crippen LogP contribution < -0.4 is 19.5 Å². The zero-order chi connectivity index (χ0) is 22.0. The second kappa shape index (κ2) is 8.24. The topological polar surface area (TPSA) is 73.9 Å². The molecule has 3 aromatic rings. The predicted molar refractivity (Wildman–Crippen MR) is 116 cm³/mol. The molecule has 0 spiro atoms. The van der Waals surface area contributed by atoms with Gasteiger partial charge in [-0.25, -0.2) is 0 Å². The number of ether oxygens (including phenoxy) is 3. The normalized spacial score (nSPS) is 14.3. The Hall–Kier alpha value is -3.64. The first-order valence-electron chi connectivity index (χ1n) is 9.84. The van der Waals surface area contributed by atoms with Gasteiger partial charge in [-0.05, 0) is 35.9 Å². The zero-order valence-corrected chi connectivity index (χ0v) is 17.6. The van der Waals surface area contributed by atoms with Crippen LogP contribution in [0.4, 0.5) is 0 Å². The van der Waals surface area contributed by atoms with Crippen molar-refractivity contribution in [3.63, 3.8) is 0 Å². The standard InChI is InChI=1S/C25H23NO5/c1-29-18-10-8-17(9-11-18)25(23(27)20-6-4-5-7-21(20)24(25)28)26-15-16-14-19(30-2)12-13-22(16)31-3/h4-14,26H,15H2,1-3H3. The highest BCUT2D eigenvalue weighted by Crippen LogP contribution is 2.39. The Morgan fingerprint density at radius 1 is 0.742 bits per heavy atom. The first-order chi connectivity index (χ1) is 15.0. The Kier molecular flexibility index (Phi) is 5.48. The van der Waals surface area contributed by atoms with E-state index in [4.69, 9.17) is 14.2 Å². The largest absolute Gasteiger partial charge is 0.497 e. The second-order valence-corrected chi connectivity index (χ2v) is 7.21. The minimum atomic E-state index is -1.54.